The second-order valence-electron chi connectivity index (χ2n) is 6.54. The molecule has 0 aliphatic carbocycles. The fraction of sp³-hybridized carbons (Fsp3) is 0.250. The largest absolute Gasteiger partial charge is 0.493 e. The predicted molar refractivity (Wildman–Crippen MR) is 103 cm³/mol. The van der Waals surface area contributed by atoms with Gasteiger partial charge in [-0.1, -0.05) is 18.2 Å². The molecule has 2 aliphatic heterocycles. The summed E-state index contributed by atoms with van der Waals surface area (Å²) in [6, 6.07) is 11.8. The summed E-state index contributed by atoms with van der Waals surface area (Å²) in [6.07, 6.45) is 2.19. The average Bonchev–Trinajstić information content (AvgIpc) is 2.73. The Bertz CT molecular complexity index is 1060. The summed E-state index contributed by atoms with van der Waals surface area (Å²) in [4.78, 5) is 14.5. The van der Waals surface area contributed by atoms with Crippen molar-refractivity contribution in [2.75, 3.05) is 27.3 Å². The van der Waals surface area contributed by atoms with Crippen LogP contribution >= 0.6 is 0 Å². The van der Waals surface area contributed by atoms with Crippen molar-refractivity contribution in [3.8, 4) is 11.5 Å². The van der Waals surface area contributed by atoms with Crippen LogP contribution in [0.5, 0.6) is 11.5 Å². The molecule has 2 aromatic rings. The smallest absolute Gasteiger partial charge is 0.264 e. The van der Waals surface area contributed by atoms with Crippen LogP contribution in [-0.4, -0.2) is 50.8 Å². The van der Waals surface area contributed by atoms with Crippen LogP contribution in [0.25, 0.3) is 5.70 Å². The number of hydrogen-bond donors (Lipinski definition) is 0. The highest BCUT2D eigenvalue weighted by Crippen LogP contribution is 2.39. The number of ether oxygens (including phenoxy) is 2. The van der Waals surface area contributed by atoms with Crippen molar-refractivity contribution in [1.29, 1.82) is 0 Å². The topological polar surface area (TPSA) is 76.1 Å². The van der Waals surface area contributed by atoms with Crippen LogP contribution in [0.3, 0.4) is 0 Å². The van der Waals surface area contributed by atoms with Crippen LogP contribution in [0.2, 0.25) is 0 Å². The molecule has 2 heterocycles. The summed E-state index contributed by atoms with van der Waals surface area (Å²) < 4.78 is 37.9. The molecule has 2 aromatic carbocycles. The Morgan fingerprint density at radius 2 is 1.68 bits per heavy atom. The minimum absolute atomic E-state index is 0.149. The van der Waals surface area contributed by atoms with Crippen LogP contribution < -0.4 is 9.47 Å². The molecule has 2 aliphatic rings. The number of fused-ring (bicyclic) bond motifs is 3. The van der Waals surface area contributed by atoms with E-state index in [-0.39, 0.29) is 17.3 Å². The van der Waals surface area contributed by atoms with Crippen molar-refractivity contribution in [1.82, 2.24) is 9.21 Å². The van der Waals surface area contributed by atoms with E-state index < -0.39 is 10.0 Å². The third kappa shape index (κ3) is 2.90. The Labute approximate surface area is 163 Å². The highest BCUT2D eigenvalue weighted by atomic mass is 32.2. The number of carbonyl (C=O) groups is 1. The first kappa shape index (κ1) is 18.4. The van der Waals surface area contributed by atoms with Gasteiger partial charge in [0.2, 0.25) is 5.91 Å². The van der Waals surface area contributed by atoms with Gasteiger partial charge in [0.05, 0.1) is 24.8 Å². The average molecular weight is 400 g/mol. The summed E-state index contributed by atoms with van der Waals surface area (Å²) in [5.74, 6) is 0.878. The maximum Gasteiger partial charge on any atom is 0.264 e. The van der Waals surface area contributed by atoms with E-state index in [4.69, 9.17) is 9.47 Å². The molecule has 0 spiro atoms. The van der Waals surface area contributed by atoms with E-state index >= 15 is 0 Å². The van der Waals surface area contributed by atoms with Crippen LogP contribution in [-0.2, 0) is 21.2 Å². The van der Waals surface area contributed by atoms with Crippen molar-refractivity contribution in [3.05, 3.63) is 59.8 Å². The second-order valence-corrected chi connectivity index (χ2v) is 8.43. The van der Waals surface area contributed by atoms with E-state index in [1.165, 1.54) is 25.4 Å². The van der Waals surface area contributed by atoms with Crippen LogP contribution in [0, 0.1) is 0 Å². The Morgan fingerprint density at radius 1 is 1.00 bits per heavy atom. The molecule has 0 aromatic heterocycles. The zero-order chi connectivity index (χ0) is 19.9. The molecule has 0 atom stereocenters. The number of methoxy groups -OCH3 is 2. The van der Waals surface area contributed by atoms with Gasteiger partial charge in [0.1, 0.15) is 6.54 Å². The first-order chi connectivity index (χ1) is 13.5. The standard InChI is InChI=1S/C20H20N2O5S/c1-26-18-10-14-8-9-22-17(16(14)11-19(18)27-2)12-21(13-20(22)23)28(24,25)15-6-4-3-5-7-15/h3-7,10-12H,8-9,13H2,1-2H3. The monoisotopic (exact) mass is 400 g/mol. The van der Waals surface area contributed by atoms with Gasteiger partial charge in [-0.05, 0) is 36.2 Å². The fourth-order valence-corrected chi connectivity index (χ4v) is 4.84. The van der Waals surface area contributed by atoms with Gasteiger partial charge < -0.3 is 14.4 Å². The molecule has 0 unspecified atom stereocenters. The summed E-state index contributed by atoms with van der Waals surface area (Å²) >= 11 is 0. The first-order valence-corrected chi connectivity index (χ1v) is 10.2. The number of hydrogen-bond acceptors (Lipinski definition) is 5. The van der Waals surface area contributed by atoms with Gasteiger partial charge in [0, 0.05) is 18.3 Å². The van der Waals surface area contributed by atoms with Crippen LogP contribution in [0.1, 0.15) is 11.1 Å². The lowest BCUT2D eigenvalue weighted by Gasteiger charge is -2.38. The molecular weight excluding hydrogens is 380 g/mol. The van der Waals surface area contributed by atoms with E-state index in [0.717, 1.165) is 15.4 Å². The molecule has 8 heteroatoms. The number of sulfonamides is 1. The maximum absolute atomic E-state index is 13.0. The van der Waals surface area contributed by atoms with Gasteiger partial charge in [0.25, 0.3) is 10.0 Å². The zero-order valence-electron chi connectivity index (χ0n) is 15.6. The number of amides is 1. The molecule has 1 amide bonds. The Kier molecular flexibility index (Phi) is 4.50. The van der Waals surface area contributed by atoms with E-state index in [2.05, 4.69) is 0 Å². The third-order valence-electron chi connectivity index (χ3n) is 4.99. The van der Waals surface area contributed by atoms with Crippen LogP contribution in [0.4, 0.5) is 0 Å². The third-order valence-corrected chi connectivity index (χ3v) is 6.71. The highest BCUT2D eigenvalue weighted by Gasteiger charge is 2.36. The summed E-state index contributed by atoms with van der Waals surface area (Å²) in [5, 5.41) is 0. The number of rotatable bonds is 4. The van der Waals surface area contributed by atoms with Gasteiger partial charge in [0.15, 0.2) is 11.5 Å². The molecule has 0 N–H and O–H groups in total. The Balaban J connectivity index is 1.84. The molecular formula is C20H20N2O5S. The molecule has 0 saturated heterocycles. The SMILES string of the molecule is COc1cc2c(cc1OC)C1=CN(S(=O)(=O)c3ccccc3)CC(=O)N1CC2. The highest BCUT2D eigenvalue weighted by molar-refractivity contribution is 7.89. The van der Waals surface area contributed by atoms with E-state index in [9.17, 15) is 13.2 Å². The normalized spacial score (nSPS) is 16.2. The molecule has 4 rings (SSSR count). The van der Waals surface area contributed by atoms with Gasteiger partial charge >= 0.3 is 0 Å². The second kappa shape index (κ2) is 6.87. The van der Waals surface area contributed by atoms with E-state index in [0.29, 0.717) is 30.2 Å². The summed E-state index contributed by atoms with van der Waals surface area (Å²) in [7, 11) is -0.718. The molecule has 146 valence electrons. The lowest BCUT2D eigenvalue weighted by atomic mass is 9.95. The maximum atomic E-state index is 13.0. The number of nitrogens with zero attached hydrogens (tertiary/aromatic N) is 2. The Hall–Kier alpha value is -3.00. The van der Waals surface area contributed by atoms with E-state index in [1.54, 1.807) is 36.3 Å². The minimum atomic E-state index is -3.82. The molecule has 0 fully saturated rings. The minimum Gasteiger partial charge on any atom is -0.493 e. The van der Waals surface area contributed by atoms with Gasteiger partial charge in [-0.3, -0.25) is 9.10 Å². The van der Waals surface area contributed by atoms with Crippen molar-refractivity contribution < 1.29 is 22.7 Å². The number of carbonyl (C=O) groups excluding carboxylic acids is 1. The molecule has 0 saturated carbocycles. The molecule has 28 heavy (non-hydrogen) atoms. The quantitative estimate of drug-likeness (QED) is 0.786. The van der Waals surface area contributed by atoms with Crippen molar-refractivity contribution >= 4 is 21.6 Å². The molecule has 0 bridgehead atoms. The molecule has 0 radical (unpaired) electrons. The van der Waals surface area contributed by atoms with Gasteiger partial charge in [-0.2, -0.15) is 0 Å². The first-order valence-electron chi connectivity index (χ1n) is 8.80. The van der Waals surface area contributed by atoms with Crippen molar-refractivity contribution in [2.24, 2.45) is 0 Å². The van der Waals surface area contributed by atoms with Gasteiger partial charge in [-0.25, -0.2) is 8.42 Å². The van der Waals surface area contributed by atoms with Crippen molar-refractivity contribution in [3.63, 3.8) is 0 Å². The lowest BCUT2D eigenvalue weighted by Crippen LogP contribution is -2.46. The summed E-state index contributed by atoms with van der Waals surface area (Å²) in [5.41, 5.74) is 2.30. The van der Waals surface area contributed by atoms with Crippen LogP contribution in [0.15, 0.2) is 53.6 Å². The van der Waals surface area contributed by atoms with Crippen molar-refractivity contribution in [2.45, 2.75) is 11.3 Å². The summed E-state index contributed by atoms with van der Waals surface area (Å²) in [6.45, 7) is 0.274. The fourth-order valence-electron chi connectivity index (χ4n) is 3.55. The Morgan fingerprint density at radius 3 is 2.36 bits per heavy atom. The zero-order valence-corrected chi connectivity index (χ0v) is 16.4. The van der Waals surface area contributed by atoms with E-state index in [1.807, 2.05) is 6.07 Å². The van der Waals surface area contributed by atoms with Gasteiger partial charge in [-0.15, -0.1) is 0 Å². The number of benzene rings is 2. The lowest BCUT2D eigenvalue weighted by molar-refractivity contribution is -0.128. The molecule has 7 nitrogen and oxygen atoms in total. The predicted octanol–water partition coefficient (Wildman–Crippen LogP) is 2.09.